The summed E-state index contributed by atoms with van der Waals surface area (Å²) in [7, 11) is 0. The fraction of sp³-hybridized carbons (Fsp3) is 0. The smallest absolute Gasteiger partial charge is 0.142 e. The van der Waals surface area contributed by atoms with Crippen LogP contribution in [0.25, 0.3) is 11.1 Å². The average Bonchev–Trinajstić information content (AvgIpc) is 2.23. The minimum Gasteiger partial charge on any atom is -0.264 e. The molecule has 0 bridgehead atoms. The van der Waals surface area contributed by atoms with E-state index in [2.05, 4.69) is 32.6 Å². The molecule has 0 aliphatic heterocycles. The highest BCUT2D eigenvalue weighted by Crippen LogP contribution is 2.23. The van der Waals surface area contributed by atoms with E-state index in [-0.39, 0.29) is 0 Å². The molecule has 2 aromatic rings. The van der Waals surface area contributed by atoms with E-state index in [1.807, 2.05) is 18.2 Å². The molecule has 70 valence electrons. The zero-order chi connectivity index (χ0) is 9.97. The molecule has 0 saturated heterocycles. The molecule has 0 fully saturated rings. The Bertz CT molecular complexity index is 445. The van der Waals surface area contributed by atoms with Crippen LogP contribution in [0.1, 0.15) is 0 Å². The monoisotopic (exact) mass is 316 g/mol. The van der Waals surface area contributed by atoms with Crippen molar-refractivity contribution in [2.75, 3.05) is 0 Å². The molecule has 2 heterocycles. The van der Waals surface area contributed by atoms with Crippen LogP contribution in [0.15, 0.2) is 36.8 Å². The van der Waals surface area contributed by atoms with Crippen molar-refractivity contribution in [3.05, 3.63) is 45.5 Å². The molecule has 0 spiro atoms. The Morgan fingerprint density at radius 3 is 2.71 bits per heavy atom. The van der Waals surface area contributed by atoms with E-state index in [0.717, 1.165) is 14.7 Å². The summed E-state index contributed by atoms with van der Waals surface area (Å²) in [6.07, 6.45) is 5.31. The normalized spacial score (nSPS) is 10.1. The summed E-state index contributed by atoms with van der Waals surface area (Å²) in [5.41, 5.74) is 2.08. The highest BCUT2D eigenvalue weighted by molar-refractivity contribution is 14.1. The summed E-state index contributed by atoms with van der Waals surface area (Å²) in [6, 6.07) is 5.89. The maximum atomic E-state index is 5.83. The maximum Gasteiger partial charge on any atom is 0.142 e. The lowest BCUT2D eigenvalue weighted by Crippen LogP contribution is -1.84. The predicted octanol–water partition coefficient (Wildman–Crippen LogP) is 3.40. The third-order valence-corrected chi connectivity index (χ3v) is 3.23. The maximum absolute atomic E-state index is 5.83. The van der Waals surface area contributed by atoms with Crippen LogP contribution in [-0.2, 0) is 0 Å². The Labute approximate surface area is 100 Å². The van der Waals surface area contributed by atoms with Gasteiger partial charge in [-0.3, -0.25) is 4.98 Å². The van der Waals surface area contributed by atoms with E-state index in [4.69, 9.17) is 11.6 Å². The van der Waals surface area contributed by atoms with Gasteiger partial charge in [0.05, 0.1) is 3.57 Å². The summed E-state index contributed by atoms with van der Waals surface area (Å²) < 4.78 is 0.950. The van der Waals surface area contributed by atoms with Crippen LogP contribution >= 0.6 is 34.2 Å². The van der Waals surface area contributed by atoms with Crippen molar-refractivity contribution >= 4 is 34.2 Å². The van der Waals surface area contributed by atoms with Crippen molar-refractivity contribution in [2.45, 2.75) is 0 Å². The van der Waals surface area contributed by atoms with Gasteiger partial charge in [-0.15, -0.1) is 0 Å². The molecule has 0 N–H and O–H groups in total. The van der Waals surface area contributed by atoms with E-state index >= 15 is 0 Å². The van der Waals surface area contributed by atoms with Gasteiger partial charge < -0.3 is 0 Å². The van der Waals surface area contributed by atoms with Crippen LogP contribution in [0.5, 0.6) is 0 Å². The highest BCUT2D eigenvalue weighted by Gasteiger charge is 2.02. The zero-order valence-corrected chi connectivity index (χ0v) is 10.0. The van der Waals surface area contributed by atoms with Crippen molar-refractivity contribution in [3.8, 4) is 11.1 Å². The molecular weight excluding hydrogens is 310 g/mol. The van der Waals surface area contributed by atoms with Gasteiger partial charge in [-0.05, 0) is 34.7 Å². The Hall–Kier alpha value is -0.680. The summed E-state index contributed by atoms with van der Waals surface area (Å²) in [6.45, 7) is 0. The van der Waals surface area contributed by atoms with Crippen LogP contribution < -0.4 is 0 Å². The number of pyridine rings is 2. The lowest BCUT2D eigenvalue weighted by molar-refractivity contribution is 1.28. The molecule has 0 aliphatic rings. The Morgan fingerprint density at radius 1 is 1.21 bits per heavy atom. The Balaban J connectivity index is 2.48. The molecule has 0 aromatic carbocycles. The van der Waals surface area contributed by atoms with Crippen molar-refractivity contribution < 1.29 is 0 Å². The highest BCUT2D eigenvalue weighted by atomic mass is 127. The third-order valence-electron chi connectivity index (χ3n) is 1.79. The van der Waals surface area contributed by atoms with Gasteiger partial charge in [0.15, 0.2) is 0 Å². The molecule has 2 aromatic heterocycles. The topological polar surface area (TPSA) is 25.8 Å². The summed E-state index contributed by atoms with van der Waals surface area (Å²) >= 11 is 8.00. The lowest BCUT2D eigenvalue weighted by Gasteiger charge is -2.01. The van der Waals surface area contributed by atoms with E-state index in [9.17, 15) is 0 Å². The first kappa shape index (κ1) is 9.86. The van der Waals surface area contributed by atoms with Crippen LogP contribution in [-0.4, -0.2) is 9.97 Å². The van der Waals surface area contributed by atoms with E-state index in [1.54, 1.807) is 18.6 Å². The summed E-state index contributed by atoms with van der Waals surface area (Å²) in [4.78, 5) is 8.14. The first-order valence-electron chi connectivity index (χ1n) is 3.99. The van der Waals surface area contributed by atoms with Gasteiger partial charge in [0.1, 0.15) is 5.15 Å². The first-order chi connectivity index (χ1) is 6.77. The van der Waals surface area contributed by atoms with Gasteiger partial charge in [-0.25, -0.2) is 4.98 Å². The second-order valence-corrected chi connectivity index (χ2v) is 4.26. The van der Waals surface area contributed by atoms with Gasteiger partial charge in [-0.2, -0.15) is 0 Å². The predicted molar refractivity (Wildman–Crippen MR) is 65.2 cm³/mol. The number of aromatic nitrogens is 2. The second kappa shape index (κ2) is 4.23. The standard InChI is InChI=1S/C10H6ClIN2/c11-10-9(12)4-8(6-14-10)7-2-1-3-13-5-7/h1-6H. The van der Waals surface area contributed by atoms with Crippen molar-refractivity contribution in [2.24, 2.45) is 0 Å². The van der Waals surface area contributed by atoms with Gasteiger partial charge in [0.25, 0.3) is 0 Å². The molecule has 0 atom stereocenters. The lowest BCUT2D eigenvalue weighted by atomic mass is 10.1. The quantitative estimate of drug-likeness (QED) is 0.595. The van der Waals surface area contributed by atoms with Gasteiger partial charge in [0, 0.05) is 29.7 Å². The minimum atomic E-state index is 0.540. The molecule has 4 heteroatoms. The van der Waals surface area contributed by atoms with E-state index in [1.165, 1.54) is 0 Å². The first-order valence-corrected chi connectivity index (χ1v) is 5.44. The largest absolute Gasteiger partial charge is 0.264 e. The van der Waals surface area contributed by atoms with Crippen LogP contribution in [0.2, 0.25) is 5.15 Å². The zero-order valence-electron chi connectivity index (χ0n) is 7.11. The van der Waals surface area contributed by atoms with Crippen molar-refractivity contribution in [1.82, 2.24) is 9.97 Å². The number of rotatable bonds is 1. The Morgan fingerprint density at radius 2 is 2.07 bits per heavy atom. The average molecular weight is 317 g/mol. The van der Waals surface area contributed by atoms with Crippen LogP contribution in [0.4, 0.5) is 0 Å². The number of hydrogen-bond acceptors (Lipinski definition) is 2. The number of halogens is 2. The van der Waals surface area contributed by atoms with E-state index in [0.29, 0.717) is 5.15 Å². The SMILES string of the molecule is Clc1ncc(-c2cccnc2)cc1I. The molecule has 0 radical (unpaired) electrons. The van der Waals surface area contributed by atoms with Gasteiger partial charge >= 0.3 is 0 Å². The number of nitrogens with zero attached hydrogens (tertiary/aromatic N) is 2. The third kappa shape index (κ3) is 2.04. The molecule has 0 amide bonds. The summed E-state index contributed by atoms with van der Waals surface area (Å²) in [5, 5.41) is 0.540. The fourth-order valence-electron chi connectivity index (χ4n) is 1.11. The van der Waals surface area contributed by atoms with Crippen LogP contribution in [0.3, 0.4) is 0 Å². The van der Waals surface area contributed by atoms with Crippen molar-refractivity contribution in [1.29, 1.82) is 0 Å². The fourth-order valence-corrected chi connectivity index (χ4v) is 1.69. The van der Waals surface area contributed by atoms with E-state index < -0.39 is 0 Å². The molecule has 14 heavy (non-hydrogen) atoms. The van der Waals surface area contributed by atoms with Gasteiger partial charge in [0.2, 0.25) is 0 Å². The molecule has 2 rings (SSSR count). The Kier molecular flexibility index (Phi) is 2.98. The molecule has 0 aliphatic carbocycles. The molecule has 0 saturated carbocycles. The molecule has 2 nitrogen and oxygen atoms in total. The number of hydrogen-bond donors (Lipinski definition) is 0. The van der Waals surface area contributed by atoms with Crippen LogP contribution in [0, 0.1) is 3.57 Å². The molecular formula is C10H6ClIN2. The van der Waals surface area contributed by atoms with Crippen molar-refractivity contribution in [3.63, 3.8) is 0 Å². The van der Waals surface area contributed by atoms with Gasteiger partial charge in [-0.1, -0.05) is 17.7 Å². The minimum absolute atomic E-state index is 0.540. The second-order valence-electron chi connectivity index (χ2n) is 2.74. The molecule has 0 unspecified atom stereocenters. The summed E-state index contributed by atoms with van der Waals surface area (Å²) in [5.74, 6) is 0.